The van der Waals surface area contributed by atoms with E-state index in [0.29, 0.717) is 50.8 Å². The van der Waals surface area contributed by atoms with E-state index in [1.807, 2.05) is 25.1 Å². The van der Waals surface area contributed by atoms with Gasteiger partial charge in [0.25, 0.3) is 5.24 Å². The standard InChI is InChI=1S/C21H31N3O5S/c1-3-29-18-5-4-16(14-19(18)27-2)17(23-8-11-28-12-9-23)15-22-20(25)6-7-24-10-13-30-21(24)26/h4-5,14,17H,3,6-13,15H2,1-2H3,(H,22,25)/t17-/m1/s1. The van der Waals surface area contributed by atoms with E-state index in [1.165, 1.54) is 11.8 Å². The van der Waals surface area contributed by atoms with Crippen LogP contribution in [0.25, 0.3) is 0 Å². The van der Waals surface area contributed by atoms with Crippen LogP contribution in [0.5, 0.6) is 11.5 Å². The fraction of sp³-hybridized carbons (Fsp3) is 0.619. The van der Waals surface area contributed by atoms with Crippen molar-refractivity contribution < 1.29 is 23.8 Å². The van der Waals surface area contributed by atoms with Gasteiger partial charge in [0.15, 0.2) is 11.5 Å². The van der Waals surface area contributed by atoms with Gasteiger partial charge in [0.2, 0.25) is 5.91 Å². The van der Waals surface area contributed by atoms with Gasteiger partial charge in [-0.3, -0.25) is 14.5 Å². The van der Waals surface area contributed by atoms with E-state index >= 15 is 0 Å². The summed E-state index contributed by atoms with van der Waals surface area (Å²) in [6.07, 6.45) is 0.314. The largest absolute Gasteiger partial charge is 0.493 e. The van der Waals surface area contributed by atoms with E-state index in [1.54, 1.807) is 12.0 Å². The topological polar surface area (TPSA) is 80.3 Å². The molecular formula is C21H31N3O5S. The number of nitrogens with one attached hydrogen (secondary N) is 1. The monoisotopic (exact) mass is 437 g/mol. The fourth-order valence-corrected chi connectivity index (χ4v) is 4.53. The third kappa shape index (κ3) is 6.02. The molecule has 1 N–H and O–H groups in total. The van der Waals surface area contributed by atoms with Crippen molar-refractivity contribution in [1.29, 1.82) is 0 Å². The van der Waals surface area contributed by atoms with E-state index in [0.717, 1.165) is 31.0 Å². The van der Waals surface area contributed by atoms with Crippen molar-refractivity contribution in [2.24, 2.45) is 0 Å². The zero-order chi connectivity index (χ0) is 21.3. The maximum atomic E-state index is 12.4. The number of hydrogen-bond donors (Lipinski definition) is 1. The molecular weight excluding hydrogens is 406 g/mol. The van der Waals surface area contributed by atoms with Crippen LogP contribution >= 0.6 is 11.8 Å². The van der Waals surface area contributed by atoms with Gasteiger partial charge in [-0.25, -0.2) is 0 Å². The summed E-state index contributed by atoms with van der Waals surface area (Å²) in [5.74, 6) is 2.15. The molecule has 2 saturated heterocycles. The first-order valence-corrected chi connectivity index (χ1v) is 11.4. The minimum Gasteiger partial charge on any atom is -0.493 e. The third-order valence-electron chi connectivity index (χ3n) is 5.31. The van der Waals surface area contributed by atoms with E-state index in [4.69, 9.17) is 14.2 Å². The first-order valence-electron chi connectivity index (χ1n) is 10.4. The van der Waals surface area contributed by atoms with Crippen molar-refractivity contribution in [3.05, 3.63) is 23.8 Å². The zero-order valence-electron chi connectivity index (χ0n) is 17.7. The molecule has 1 aromatic rings. The van der Waals surface area contributed by atoms with E-state index < -0.39 is 0 Å². The number of hydrogen-bond acceptors (Lipinski definition) is 7. The van der Waals surface area contributed by atoms with Crippen LogP contribution in [-0.2, 0) is 9.53 Å². The third-order valence-corrected chi connectivity index (χ3v) is 6.20. The normalized spacial score (nSPS) is 18.3. The van der Waals surface area contributed by atoms with E-state index in [-0.39, 0.29) is 17.2 Å². The summed E-state index contributed by atoms with van der Waals surface area (Å²) in [6, 6.07) is 5.94. The van der Waals surface area contributed by atoms with E-state index in [9.17, 15) is 9.59 Å². The molecule has 2 fully saturated rings. The molecule has 8 nitrogen and oxygen atoms in total. The Hall–Kier alpha value is -1.97. The van der Waals surface area contributed by atoms with Crippen molar-refractivity contribution in [1.82, 2.24) is 15.1 Å². The van der Waals surface area contributed by atoms with Crippen LogP contribution in [0.2, 0.25) is 0 Å². The first kappa shape index (κ1) is 22.7. The van der Waals surface area contributed by atoms with Gasteiger partial charge in [-0.15, -0.1) is 0 Å². The molecule has 9 heteroatoms. The zero-order valence-corrected chi connectivity index (χ0v) is 18.5. The molecule has 30 heavy (non-hydrogen) atoms. The Bertz CT molecular complexity index is 727. The molecule has 0 radical (unpaired) electrons. The number of carbonyl (C=O) groups is 2. The second-order valence-corrected chi connectivity index (χ2v) is 8.21. The maximum Gasteiger partial charge on any atom is 0.281 e. The molecule has 0 bridgehead atoms. The van der Waals surface area contributed by atoms with Gasteiger partial charge in [-0.1, -0.05) is 17.8 Å². The lowest BCUT2D eigenvalue weighted by atomic mass is 10.0. The predicted molar refractivity (Wildman–Crippen MR) is 116 cm³/mol. The van der Waals surface area contributed by atoms with Gasteiger partial charge in [-0.2, -0.15) is 0 Å². The number of nitrogens with zero attached hydrogens (tertiary/aromatic N) is 2. The average Bonchev–Trinajstić information content (AvgIpc) is 3.19. The summed E-state index contributed by atoms with van der Waals surface area (Å²) in [4.78, 5) is 28.2. The lowest BCUT2D eigenvalue weighted by molar-refractivity contribution is -0.121. The van der Waals surface area contributed by atoms with Crippen molar-refractivity contribution in [2.75, 3.05) is 65.4 Å². The van der Waals surface area contributed by atoms with Crippen LogP contribution in [0.3, 0.4) is 0 Å². The molecule has 3 rings (SSSR count). The van der Waals surface area contributed by atoms with Crippen LogP contribution in [0.4, 0.5) is 4.79 Å². The first-order chi connectivity index (χ1) is 14.6. The molecule has 2 amide bonds. The lowest BCUT2D eigenvalue weighted by Gasteiger charge is -2.35. The van der Waals surface area contributed by atoms with Crippen LogP contribution < -0.4 is 14.8 Å². The number of methoxy groups -OCH3 is 1. The minimum absolute atomic E-state index is 0.00593. The van der Waals surface area contributed by atoms with Gasteiger partial charge < -0.3 is 24.4 Å². The lowest BCUT2D eigenvalue weighted by Crippen LogP contribution is -2.44. The van der Waals surface area contributed by atoms with Crippen LogP contribution in [0.1, 0.15) is 24.9 Å². The van der Waals surface area contributed by atoms with Gasteiger partial charge in [0.1, 0.15) is 0 Å². The molecule has 2 aliphatic rings. The number of morpholine rings is 1. The summed E-state index contributed by atoms with van der Waals surface area (Å²) >= 11 is 1.31. The Morgan fingerprint density at radius 1 is 1.27 bits per heavy atom. The molecule has 1 aromatic carbocycles. The van der Waals surface area contributed by atoms with Crippen molar-refractivity contribution >= 4 is 22.9 Å². The van der Waals surface area contributed by atoms with Gasteiger partial charge in [0, 0.05) is 44.9 Å². The second kappa shape index (κ2) is 11.4. The highest BCUT2D eigenvalue weighted by Gasteiger charge is 2.25. The summed E-state index contributed by atoms with van der Waals surface area (Å²) in [5.41, 5.74) is 1.06. The molecule has 0 unspecified atom stereocenters. The Morgan fingerprint density at radius 2 is 2.07 bits per heavy atom. The average molecular weight is 438 g/mol. The number of ether oxygens (including phenoxy) is 3. The van der Waals surface area contributed by atoms with Crippen LogP contribution in [-0.4, -0.2) is 86.4 Å². The molecule has 0 saturated carbocycles. The molecule has 2 heterocycles. The Kier molecular flexibility index (Phi) is 8.65. The Labute approximate surface area is 182 Å². The van der Waals surface area contributed by atoms with Crippen LogP contribution in [0.15, 0.2) is 18.2 Å². The number of benzene rings is 1. The number of carbonyl (C=O) groups excluding carboxylic acids is 2. The van der Waals surface area contributed by atoms with Crippen molar-refractivity contribution in [2.45, 2.75) is 19.4 Å². The van der Waals surface area contributed by atoms with E-state index in [2.05, 4.69) is 10.2 Å². The van der Waals surface area contributed by atoms with Gasteiger partial charge in [0.05, 0.1) is 33.0 Å². The highest BCUT2D eigenvalue weighted by Crippen LogP contribution is 2.32. The Morgan fingerprint density at radius 3 is 2.73 bits per heavy atom. The molecule has 0 spiro atoms. The molecule has 2 aliphatic heterocycles. The fourth-order valence-electron chi connectivity index (χ4n) is 3.68. The summed E-state index contributed by atoms with van der Waals surface area (Å²) in [5, 5.41) is 3.12. The summed E-state index contributed by atoms with van der Waals surface area (Å²) < 4.78 is 16.6. The second-order valence-electron chi connectivity index (χ2n) is 7.16. The quantitative estimate of drug-likeness (QED) is 0.601. The Balaban J connectivity index is 1.65. The van der Waals surface area contributed by atoms with Crippen LogP contribution in [0, 0.1) is 0 Å². The highest BCUT2D eigenvalue weighted by atomic mass is 32.2. The smallest absolute Gasteiger partial charge is 0.281 e. The van der Waals surface area contributed by atoms with Crippen molar-refractivity contribution in [3.8, 4) is 11.5 Å². The molecule has 0 aromatic heterocycles. The number of thioether (sulfide) groups is 1. The predicted octanol–water partition coefficient (Wildman–Crippen LogP) is 2.14. The minimum atomic E-state index is -0.0455. The maximum absolute atomic E-state index is 12.4. The van der Waals surface area contributed by atoms with Crippen molar-refractivity contribution in [3.63, 3.8) is 0 Å². The van der Waals surface area contributed by atoms with Gasteiger partial charge in [-0.05, 0) is 24.6 Å². The molecule has 1 atom stereocenters. The number of rotatable bonds is 10. The number of amides is 2. The summed E-state index contributed by atoms with van der Waals surface area (Å²) in [6.45, 7) is 7.13. The molecule has 0 aliphatic carbocycles. The molecule has 166 valence electrons. The SMILES string of the molecule is CCOc1ccc([C@@H](CNC(=O)CCN2CCSC2=O)N2CCOCC2)cc1OC. The van der Waals surface area contributed by atoms with Gasteiger partial charge >= 0.3 is 0 Å². The highest BCUT2D eigenvalue weighted by molar-refractivity contribution is 8.13. The summed E-state index contributed by atoms with van der Waals surface area (Å²) in [7, 11) is 1.63.